The second-order valence-corrected chi connectivity index (χ2v) is 5.66. The Kier molecular flexibility index (Phi) is 3.36. The SMILES string of the molecule is Cc1ccc(C2=Nc3ccc(C)cc3NC(=S)C2)cc1. The Hall–Kier alpha value is -2.00. The Morgan fingerprint density at radius 3 is 2.45 bits per heavy atom. The van der Waals surface area contributed by atoms with Crippen LogP contribution in [0.1, 0.15) is 23.1 Å². The molecule has 1 aliphatic heterocycles. The summed E-state index contributed by atoms with van der Waals surface area (Å²) < 4.78 is 0. The Bertz CT molecular complexity index is 699. The smallest absolute Gasteiger partial charge is 0.0868 e. The number of nitrogens with zero attached hydrogens (tertiary/aromatic N) is 1. The minimum atomic E-state index is 0.673. The fraction of sp³-hybridized carbons (Fsp3) is 0.176. The number of fused-ring (bicyclic) bond motifs is 1. The lowest BCUT2D eigenvalue weighted by atomic mass is 10.1. The molecule has 20 heavy (non-hydrogen) atoms. The van der Waals surface area contributed by atoms with Crippen LogP contribution in [0.15, 0.2) is 47.5 Å². The first-order valence-corrected chi connectivity index (χ1v) is 7.08. The Balaban J connectivity index is 2.08. The molecular weight excluding hydrogens is 264 g/mol. The number of aliphatic imine (C=N–C) groups is 1. The van der Waals surface area contributed by atoms with Crippen LogP contribution in [0.5, 0.6) is 0 Å². The number of aryl methyl sites for hydroxylation is 2. The van der Waals surface area contributed by atoms with Gasteiger partial charge >= 0.3 is 0 Å². The molecule has 0 saturated carbocycles. The number of anilines is 1. The van der Waals surface area contributed by atoms with Gasteiger partial charge in [0.15, 0.2) is 0 Å². The van der Waals surface area contributed by atoms with Crippen LogP contribution in [0.3, 0.4) is 0 Å². The second-order valence-electron chi connectivity index (χ2n) is 5.17. The van der Waals surface area contributed by atoms with Crippen molar-refractivity contribution >= 4 is 34.3 Å². The summed E-state index contributed by atoms with van der Waals surface area (Å²) in [6.07, 6.45) is 0.673. The van der Waals surface area contributed by atoms with Crippen molar-refractivity contribution in [3.8, 4) is 0 Å². The molecule has 0 amide bonds. The molecule has 0 aliphatic carbocycles. The maximum Gasteiger partial charge on any atom is 0.0868 e. The van der Waals surface area contributed by atoms with Gasteiger partial charge in [0.05, 0.1) is 22.1 Å². The van der Waals surface area contributed by atoms with Crippen molar-refractivity contribution in [2.75, 3.05) is 5.32 Å². The van der Waals surface area contributed by atoms with Gasteiger partial charge in [-0.05, 0) is 37.1 Å². The first kappa shape index (κ1) is 13.0. The Morgan fingerprint density at radius 1 is 1.00 bits per heavy atom. The molecule has 0 saturated heterocycles. The summed E-state index contributed by atoms with van der Waals surface area (Å²) in [5, 5.41) is 3.29. The lowest BCUT2D eigenvalue weighted by Crippen LogP contribution is -2.12. The summed E-state index contributed by atoms with van der Waals surface area (Å²) in [5.74, 6) is 0. The maximum atomic E-state index is 5.42. The number of benzene rings is 2. The highest BCUT2D eigenvalue weighted by molar-refractivity contribution is 7.80. The van der Waals surface area contributed by atoms with Gasteiger partial charge in [0.2, 0.25) is 0 Å². The van der Waals surface area contributed by atoms with Gasteiger partial charge in [0.25, 0.3) is 0 Å². The number of hydrogen-bond donors (Lipinski definition) is 1. The standard InChI is InChI=1S/C17H16N2S/c1-11-3-6-13(7-4-11)15-10-17(20)19-16-9-12(2)5-8-14(16)18-15/h3-9H,10H2,1-2H3,(H,19,20). The number of thiocarbonyl (C=S) groups is 1. The van der Waals surface area contributed by atoms with E-state index in [1.165, 1.54) is 11.1 Å². The second kappa shape index (κ2) is 5.17. The summed E-state index contributed by atoms with van der Waals surface area (Å²) in [6, 6.07) is 14.6. The summed E-state index contributed by atoms with van der Waals surface area (Å²) in [7, 11) is 0. The molecule has 0 fully saturated rings. The van der Waals surface area contributed by atoms with Crippen LogP contribution in [-0.2, 0) is 0 Å². The third-order valence-corrected chi connectivity index (χ3v) is 3.64. The zero-order valence-electron chi connectivity index (χ0n) is 11.6. The van der Waals surface area contributed by atoms with Crippen LogP contribution in [0.2, 0.25) is 0 Å². The largest absolute Gasteiger partial charge is 0.348 e. The fourth-order valence-electron chi connectivity index (χ4n) is 2.29. The Morgan fingerprint density at radius 2 is 1.70 bits per heavy atom. The molecule has 1 heterocycles. The van der Waals surface area contributed by atoms with Gasteiger partial charge in [-0.3, -0.25) is 4.99 Å². The molecule has 0 unspecified atom stereocenters. The summed E-state index contributed by atoms with van der Waals surface area (Å²) in [4.78, 5) is 5.61. The monoisotopic (exact) mass is 280 g/mol. The van der Waals surface area contributed by atoms with Crippen molar-refractivity contribution in [2.45, 2.75) is 20.3 Å². The van der Waals surface area contributed by atoms with E-state index in [0.717, 1.165) is 27.6 Å². The molecule has 2 aromatic rings. The molecule has 0 spiro atoms. The van der Waals surface area contributed by atoms with Crippen molar-refractivity contribution in [2.24, 2.45) is 4.99 Å². The van der Waals surface area contributed by atoms with E-state index in [2.05, 4.69) is 55.6 Å². The van der Waals surface area contributed by atoms with Crippen molar-refractivity contribution in [3.63, 3.8) is 0 Å². The lowest BCUT2D eigenvalue weighted by molar-refractivity contribution is 1.41. The molecule has 2 aromatic carbocycles. The molecule has 0 bridgehead atoms. The van der Waals surface area contributed by atoms with E-state index in [9.17, 15) is 0 Å². The lowest BCUT2D eigenvalue weighted by Gasteiger charge is -2.06. The quantitative estimate of drug-likeness (QED) is 0.774. The van der Waals surface area contributed by atoms with Gasteiger partial charge in [0, 0.05) is 6.42 Å². The van der Waals surface area contributed by atoms with Crippen LogP contribution in [0.4, 0.5) is 11.4 Å². The minimum absolute atomic E-state index is 0.673. The zero-order chi connectivity index (χ0) is 14.1. The summed E-state index contributed by atoms with van der Waals surface area (Å²) in [6.45, 7) is 4.16. The van der Waals surface area contributed by atoms with Crippen LogP contribution in [-0.4, -0.2) is 10.7 Å². The zero-order valence-corrected chi connectivity index (χ0v) is 12.4. The van der Waals surface area contributed by atoms with Crippen molar-refractivity contribution in [3.05, 3.63) is 59.2 Å². The van der Waals surface area contributed by atoms with Crippen LogP contribution < -0.4 is 5.32 Å². The van der Waals surface area contributed by atoms with E-state index in [1.807, 2.05) is 6.07 Å². The third kappa shape index (κ3) is 2.63. The molecule has 3 rings (SSSR count). The number of nitrogens with one attached hydrogen (secondary N) is 1. The molecule has 2 nitrogen and oxygen atoms in total. The average Bonchev–Trinajstić information content (AvgIpc) is 2.57. The van der Waals surface area contributed by atoms with Crippen LogP contribution in [0, 0.1) is 13.8 Å². The van der Waals surface area contributed by atoms with Gasteiger partial charge in [-0.25, -0.2) is 0 Å². The Labute approximate surface area is 124 Å². The van der Waals surface area contributed by atoms with Crippen LogP contribution in [0.25, 0.3) is 0 Å². The van der Waals surface area contributed by atoms with Gasteiger partial charge < -0.3 is 5.32 Å². The minimum Gasteiger partial charge on any atom is -0.348 e. The molecule has 0 atom stereocenters. The molecule has 0 aromatic heterocycles. The average molecular weight is 280 g/mol. The predicted molar refractivity (Wildman–Crippen MR) is 89.4 cm³/mol. The molecule has 100 valence electrons. The van der Waals surface area contributed by atoms with Gasteiger partial charge in [0.1, 0.15) is 0 Å². The molecular formula is C17H16N2S. The van der Waals surface area contributed by atoms with E-state index in [4.69, 9.17) is 17.2 Å². The van der Waals surface area contributed by atoms with E-state index in [1.54, 1.807) is 0 Å². The highest BCUT2D eigenvalue weighted by Gasteiger charge is 2.14. The van der Waals surface area contributed by atoms with Gasteiger partial charge in [-0.1, -0.05) is 48.1 Å². The molecule has 3 heteroatoms. The normalized spacial score (nSPS) is 14.1. The van der Waals surface area contributed by atoms with E-state index in [0.29, 0.717) is 6.42 Å². The summed E-state index contributed by atoms with van der Waals surface area (Å²) in [5.41, 5.74) is 6.55. The number of rotatable bonds is 1. The first-order chi connectivity index (χ1) is 9.61. The highest BCUT2D eigenvalue weighted by Crippen LogP contribution is 2.30. The maximum absolute atomic E-state index is 5.42. The molecule has 1 aliphatic rings. The van der Waals surface area contributed by atoms with Gasteiger partial charge in [-0.15, -0.1) is 0 Å². The fourth-order valence-corrected chi connectivity index (χ4v) is 2.54. The van der Waals surface area contributed by atoms with E-state index in [-0.39, 0.29) is 0 Å². The number of hydrogen-bond acceptors (Lipinski definition) is 2. The van der Waals surface area contributed by atoms with Crippen molar-refractivity contribution in [1.29, 1.82) is 0 Å². The van der Waals surface area contributed by atoms with Crippen LogP contribution >= 0.6 is 12.2 Å². The molecule has 1 N–H and O–H groups in total. The van der Waals surface area contributed by atoms with E-state index >= 15 is 0 Å². The predicted octanol–water partition coefficient (Wildman–Crippen LogP) is 4.57. The highest BCUT2D eigenvalue weighted by atomic mass is 32.1. The third-order valence-electron chi connectivity index (χ3n) is 3.39. The topological polar surface area (TPSA) is 24.4 Å². The first-order valence-electron chi connectivity index (χ1n) is 6.67. The van der Waals surface area contributed by atoms with Gasteiger partial charge in [-0.2, -0.15) is 0 Å². The van der Waals surface area contributed by atoms with E-state index < -0.39 is 0 Å². The van der Waals surface area contributed by atoms with Crippen molar-refractivity contribution in [1.82, 2.24) is 0 Å². The van der Waals surface area contributed by atoms with Crippen molar-refractivity contribution < 1.29 is 0 Å². The molecule has 0 radical (unpaired) electrons. The summed E-state index contributed by atoms with van der Waals surface area (Å²) >= 11 is 5.42.